The van der Waals surface area contributed by atoms with Gasteiger partial charge in [0.2, 0.25) is 0 Å². The normalized spacial score (nSPS) is 18.5. The average molecular weight is 280 g/mol. The van der Waals surface area contributed by atoms with Crippen molar-refractivity contribution in [2.75, 3.05) is 0 Å². The maximum Gasteiger partial charge on any atom is 0.331 e. The number of hydrogen-bond acceptors (Lipinski definition) is 3. The van der Waals surface area contributed by atoms with E-state index in [0.29, 0.717) is 5.56 Å². The summed E-state index contributed by atoms with van der Waals surface area (Å²) in [4.78, 5) is 23.3. The summed E-state index contributed by atoms with van der Waals surface area (Å²) >= 11 is 0. The Balaban J connectivity index is 2.01. The van der Waals surface area contributed by atoms with Gasteiger partial charge in [-0.2, -0.15) is 5.10 Å². The number of carboxylic acids is 1. The summed E-state index contributed by atoms with van der Waals surface area (Å²) in [5.74, 6) is -1.11. The summed E-state index contributed by atoms with van der Waals surface area (Å²) in [7, 11) is 1.70. The maximum absolute atomic E-state index is 12.0. The van der Waals surface area contributed by atoms with Crippen LogP contribution >= 0.6 is 0 Å². The largest absolute Gasteiger partial charge is 0.479 e. The third-order valence-corrected chi connectivity index (χ3v) is 3.70. The molecule has 2 rings (SSSR count). The number of aromatic nitrogens is 2. The van der Waals surface area contributed by atoms with Crippen LogP contribution in [0.3, 0.4) is 0 Å². The van der Waals surface area contributed by atoms with Crippen LogP contribution in [0.2, 0.25) is 0 Å². The van der Waals surface area contributed by atoms with E-state index in [9.17, 15) is 14.7 Å². The Morgan fingerprint density at radius 3 is 2.60 bits per heavy atom. The van der Waals surface area contributed by atoms with Gasteiger partial charge in [0.25, 0.3) is 0 Å². The molecule has 1 saturated carbocycles. The Kier molecular flexibility index (Phi) is 3.96. The molecule has 1 aromatic rings. The fraction of sp³-hybridized carbons (Fsp3) is 0.615. The van der Waals surface area contributed by atoms with E-state index in [4.69, 9.17) is 0 Å². The summed E-state index contributed by atoms with van der Waals surface area (Å²) in [6, 6.07) is -1.54. The Labute approximate surface area is 117 Å². The topological polar surface area (TPSA) is 96.2 Å². The highest BCUT2D eigenvalue weighted by Gasteiger charge is 2.32. The minimum atomic E-state index is -1.11. The zero-order valence-corrected chi connectivity index (χ0v) is 11.7. The van der Waals surface area contributed by atoms with Gasteiger partial charge in [0.1, 0.15) is 0 Å². The molecule has 1 atom stereocenters. The van der Waals surface area contributed by atoms with Crippen molar-refractivity contribution in [3.8, 4) is 0 Å². The zero-order chi connectivity index (χ0) is 14.8. The molecule has 0 radical (unpaired) electrons. The monoisotopic (exact) mass is 280 g/mol. The summed E-state index contributed by atoms with van der Waals surface area (Å²) in [5, 5.41) is 18.5. The van der Waals surface area contributed by atoms with Crippen LogP contribution in [0.25, 0.3) is 0 Å². The minimum absolute atomic E-state index is 0.234. The van der Waals surface area contributed by atoms with Crippen LogP contribution < -0.4 is 10.6 Å². The van der Waals surface area contributed by atoms with Crippen molar-refractivity contribution in [2.45, 2.75) is 44.2 Å². The second-order valence-corrected chi connectivity index (χ2v) is 5.58. The highest BCUT2D eigenvalue weighted by molar-refractivity contribution is 5.83. The number of carbonyl (C=O) groups excluding carboxylic acids is 1. The molecule has 2 amide bonds. The van der Waals surface area contributed by atoms with Crippen LogP contribution in [-0.4, -0.2) is 32.4 Å². The van der Waals surface area contributed by atoms with Crippen molar-refractivity contribution in [1.82, 2.24) is 20.4 Å². The molecule has 1 unspecified atom stereocenters. The van der Waals surface area contributed by atoms with Gasteiger partial charge in [0, 0.05) is 24.3 Å². The first-order valence-electron chi connectivity index (χ1n) is 6.70. The Morgan fingerprint density at radius 1 is 1.45 bits per heavy atom. The SMILES string of the molecule is Cn1cc(C(NC(=O)NC2(C)CCCC2)C(=O)O)cn1. The number of nitrogens with zero attached hydrogens (tertiary/aromatic N) is 2. The number of amides is 2. The van der Waals surface area contributed by atoms with Crippen molar-refractivity contribution < 1.29 is 14.7 Å². The first-order valence-corrected chi connectivity index (χ1v) is 6.70. The molecule has 0 aliphatic heterocycles. The number of carbonyl (C=O) groups is 2. The van der Waals surface area contributed by atoms with Crippen molar-refractivity contribution >= 4 is 12.0 Å². The van der Waals surface area contributed by atoms with Crippen molar-refractivity contribution in [3.05, 3.63) is 18.0 Å². The third-order valence-electron chi connectivity index (χ3n) is 3.70. The molecule has 1 aliphatic rings. The van der Waals surface area contributed by atoms with Gasteiger partial charge in [0.05, 0.1) is 6.20 Å². The summed E-state index contributed by atoms with van der Waals surface area (Å²) in [6.45, 7) is 1.99. The summed E-state index contributed by atoms with van der Waals surface area (Å²) in [5.41, 5.74) is 0.217. The fourth-order valence-electron chi connectivity index (χ4n) is 2.60. The van der Waals surface area contributed by atoms with E-state index < -0.39 is 18.0 Å². The second kappa shape index (κ2) is 5.52. The number of hydrogen-bond donors (Lipinski definition) is 3. The molecule has 0 saturated heterocycles. The minimum Gasteiger partial charge on any atom is -0.479 e. The predicted octanol–water partition coefficient (Wildman–Crippen LogP) is 1.18. The van der Waals surface area contributed by atoms with E-state index in [1.807, 2.05) is 6.92 Å². The van der Waals surface area contributed by atoms with Crippen molar-refractivity contribution in [1.29, 1.82) is 0 Å². The molecule has 1 aliphatic carbocycles. The van der Waals surface area contributed by atoms with Crippen LogP contribution in [0.1, 0.15) is 44.2 Å². The molecular weight excluding hydrogens is 260 g/mol. The van der Waals surface area contributed by atoms with Crippen molar-refractivity contribution in [3.63, 3.8) is 0 Å². The van der Waals surface area contributed by atoms with Gasteiger partial charge in [0.15, 0.2) is 6.04 Å². The number of rotatable bonds is 4. The van der Waals surface area contributed by atoms with E-state index in [1.54, 1.807) is 13.2 Å². The maximum atomic E-state index is 12.0. The molecule has 7 nitrogen and oxygen atoms in total. The molecule has 20 heavy (non-hydrogen) atoms. The lowest BCUT2D eigenvalue weighted by Crippen LogP contribution is -2.50. The lowest BCUT2D eigenvalue weighted by atomic mass is 10.0. The van der Waals surface area contributed by atoms with Crippen LogP contribution in [0, 0.1) is 0 Å². The Morgan fingerprint density at radius 2 is 2.10 bits per heavy atom. The standard InChI is InChI=1S/C13H20N4O3/c1-13(5-3-4-6-13)16-12(20)15-10(11(18)19)9-7-14-17(2)8-9/h7-8,10H,3-6H2,1-2H3,(H,18,19)(H2,15,16,20). The van der Waals surface area contributed by atoms with Crippen LogP contribution in [0.5, 0.6) is 0 Å². The molecule has 0 bridgehead atoms. The van der Waals surface area contributed by atoms with E-state index in [2.05, 4.69) is 15.7 Å². The molecule has 1 aromatic heterocycles. The molecule has 1 fully saturated rings. The van der Waals surface area contributed by atoms with E-state index in [-0.39, 0.29) is 5.54 Å². The number of aryl methyl sites for hydroxylation is 1. The molecule has 110 valence electrons. The van der Waals surface area contributed by atoms with Gasteiger partial charge in [-0.3, -0.25) is 4.68 Å². The summed E-state index contributed by atoms with van der Waals surface area (Å²) in [6.07, 6.45) is 7.03. The lowest BCUT2D eigenvalue weighted by Gasteiger charge is -2.26. The first kappa shape index (κ1) is 14.4. The van der Waals surface area contributed by atoms with Crippen molar-refractivity contribution in [2.24, 2.45) is 7.05 Å². The van der Waals surface area contributed by atoms with Crippen LogP contribution in [0.4, 0.5) is 4.79 Å². The molecule has 1 heterocycles. The van der Waals surface area contributed by atoms with Gasteiger partial charge in [-0.15, -0.1) is 0 Å². The molecule has 0 aromatic carbocycles. The van der Waals surface area contributed by atoms with E-state index in [0.717, 1.165) is 25.7 Å². The Hall–Kier alpha value is -2.05. The summed E-state index contributed by atoms with van der Waals surface area (Å²) < 4.78 is 1.50. The predicted molar refractivity (Wildman–Crippen MR) is 72.1 cm³/mol. The Bertz CT molecular complexity index is 505. The first-order chi connectivity index (χ1) is 9.39. The number of urea groups is 1. The molecular formula is C13H20N4O3. The van der Waals surface area contributed by atoms with Gasteiger partial charge in [-0.25, -0.2) is 9.59 Å². The lowest BCUT2D eigenvalue weighted by molar-refractivity contribution is -0.139. The highest BCUT2D eigenvalue weighted by atomic mass is 16.4. The molecule has 7 heteroatoms. The van der Waals surface area contributed by atoms with Crippen LogP contribution in [-0.2, 0) is 11.8 Å². The second-order valence-electron chi connectivity index (χ2n) is 5.58. The molecule has 3 N–H and O–H groups in total. The van der Waals surface area contributed by atoms with Gasteiger partial charge >= 0.3 is 12.0 Å². The quantitative estimate of drug-likeness (QED) is 0.771. The molecule has 0 spiro atoms. The van der Waals surface area contributed by atoms with E-state index >= 15 is 0 Å². The number of aliphatic carboxylic acids is 1. The van der Waals surface area contributed by atoms with Gasteiger partial charge in [-0.1, -0.05) is 12.8 Å². The van der Waals surface area contributed by atoms with E-state index in [1.165, 1.54) is 10.9 Å². The average Bonchev–Trinajstić information content (AvgIpc) is 2.95. The number of carboxylic acid groups (broad SMARTS) is 1. The van der Waals surface area contributed by atoms with Crippen LogP contribution in [0.15, 0.2) is 12.4 Å². The van der Waals surface area contributed by atoms with Gasteiger partial charge < -0.3 is 15.7 Å². The smallest absolute Gasteiger partial charge is 0.331 e. The zero-order valence-electron chi connectivity index (χ0n) is 11.7. The third kappa shape index (κ3) is 3.28. The number of nitrogens with one attached hydrogen (secondary N) is 2. The fourth-order valence-corrected chi connectivity index (χ4v) is 2.60. The highest BCUT2D eigenvalue weighted by Crippen LogP contribution is 2.28. The van der Waals surface area contributed by atoms with Gasteiger partial charge in [-0.05, 0) is 19.8 Å².